The quantitative estimate of drug-likeness (QED) is 0.569. The van der Waals surface area contributed by atoms with Gasteiger partial charge in [-0.25, -0.2) is 24.0 Å². The first-order valence-corrected chi connectivity index (χ1v) is 7.75. The van der Waals surface area contributed by atoms with Gasteiger partial charge in [-0.2, -0.15) is 0 Å². The molecule has 0 saturated heterocycles. The molecule has 4 N–H and O–H groups in total. The standard InChI is InChI=1S/C13H14N4O3S/c14-16-13-7-9(5-6-15-13)21(18,19)17-11-8-20-12-4-2-1-3-10(11)12/h1-7,11,17H,8,14H2,(H,15,16). The Bertz CT molecular complexity index is 764. The van der Waals surface area contributed by atoms with Crippen LogP contribution in [0, 0.1) is 0 Å². The number of pyridine rings is 1. The summed E-state index contributed by atoms with van der Waals surface area (Å²) in [5, 5.41) is 0. The number of hydrogen-bond donors (Lipinski definition) is 3. The number of anilines is 1. The molecule has 2 heterocycles. The highest BCUT2D eigenvalue weighted by Crippen LogP contribution is 2.32. The first-order valence-electron chi connectivity index (χ1n) is 6.27. The Balaban J connectivity index is 1.87. The molecule has 3 rings (SSSR count). The summed E-state index contributed by atoms with van der Waals surface area (Å²) < 4.78 is 32.9. The molecule has 0 amide bonds. The van der Waals surface area contributed by atoms with E-state index in [0.29, 0.717) is 5.75 Å². The van der Waals surface area contributed by atoms with Gasteiger partial charge in [0.05, 0.1) is 10.9 Å². The maximum Gasteiger partial charge on any atom is 0.241 e. The smallest absolute Gasteiger partial charge is 0.241 e. The van der Waals surface area contributed by atoms with Gasteiger partial charge in [-0.1, -0.05) is 18.2 Å². The van der Waals surface area contributed by atoms with Crippen molar-refractivity contribution in [3.05, 3.63) is 48.2 Å². The number of hydrazine groups is 1. The van der Waals surface area contributed by atoms with E-state index < -0.39 is 16.1 Å². The minimum atomic E-state index is -3.68. The van der Waals surface area contributed by atoms with Crippen molar-refractivity contribution >= 4 is 15.8 Å². The van der Waals surface area contributed by atoms with Crippen molar-refractivity contribution < 1.29 is 13.2 Å². The first kappa shape index (κ1) is 13.8. The van der Waals surface area contributed by atoms with Crippen molar-refractivity contribution in [1.82, 2.24) is 9.71 Å². The van der Waals surface area contributed by atoms with E-state index in [1.807, 2.05) is 24.3 Å². The molecule has 0 aliphatic carbocycles. The molecule has 1 aromatic heterocycles. The number of rotatable bonds is 4. The van der Waals surface area contributed by atoms with Crippen LogP contribution in [0.5, 0.6) is 5.75 Å². The van der Waals surface area contributed by atoms with Gasteiger partial charge in [-0.3, -0.25) is 0 Å². The molecule has 21 heavy (non-hydrogen) atoms. The number of para-hydroxylation sites is 1. The Labute approximate surface area is 122 Å². The molecule has 2 aromatic rings. The first-order chi connectivity index (χ1) is 10.1. The van der Waals surface area contributed by atoms with E-state index in [1.165, 1.54) is 18.3 Å². The number of nitrogens with zero attached hydrogens (tertiary/aromatic N) is 1. The number of nitrogens with one attached hydrogen (secondary N) is 2. The number of fused-ring (bicyclic) bond motifs is 1. The normalized spacial score (nSPS) is 17.1. The molecule has 110 valence electrons. The second-order valence-corrected chi connectivity index (χ2v) is 6.26. The molecule has 1 atom stereocenters. The molecule has 1 aromatic carbocycles. The Kier molecular flexibility index (Phi) is 3.50. The van der Waals surface area contributed by atoms with Gasteiger partial charge in [-0.15, -0.1) is 0 Å². The van der Waals surface area contributed by atoms with E-state index in [9.17, 15) is 8.42 Å². The van der Waals surface area contributed by atoms with Gasteiger partial charge in [0.15, 0.2) is 0 Å². The number of nitrogens with two attached hydrogens (primary N) is 1. The Morgan fingerprint density at radius 1 is 1.29 bits per heavy atom. The van der Waals surface area contributed by atoms with Crippen LogP contribution in [-0.4, -0.2) is 20.0 Å². The van der Waals surface area contributed by atoms with Crippen LogP contribution >= 0.6 is 0 Å². The summed E-state index contributed by atoms with van der Waals surface area (Å²) in [6, 6.07) is 9.71. The maximum atomic E-state index is 12.4. The van der Waals surface area contributed by atoms with Gasteiger partial charge in [0.2, 0.25) is 10.0 Å². The molecule has 1 unspecified atom stereocenters. The molecule has 8 heteroatoms. The van der Waals surface area contributed by atoms with Crippen molar-refractivity contribution in [2.75, 3.05) is 12.0 Å². The predicted octanol–water partition coefficient (Wildman–Crippen LogP) is 0.779. The summed E-state index contributed by atoms with van der Waals surface area (Å²) >= 11 is 0. The maximum absolute atomic E-state index is 12.4. The molecule has 0 fully saturated rings. The van der Waals surface area contributed by atoms with Gasteiger partial charge in [0.1, 0.15) is 18.2 Å². The van der Waals surface area contributed by atoms with Crippen LogP contribution in [0.25, 0.3) is 0 Å². The van der Waals surface area contributed by atoms with Crippen molar-refractivity contribution in [2.45, 2.75) is 10.9 Å². The average Bonchev–Trinajstić information content (AvgIpc) is 2.90. The highest BCUT2D eigenvalue weighted by atomic mass is 32.2. The number of aromatic nitrogens is 1. The lowest BCUT2D eigenvalue weighted by Gasteiger charge is -2.12. The van der Waals surface area contributed by atoms with Gasteiger partial charge in [0.25, 0.3) is 0 Å². The lowest BCUT2D eigenvalue weighted by atomic mass is 10.1. The van der Waals surface area contributed by atoms with Gasteiger partial charge < -0.3 is 10.2 Å². The zero-order chi connectivity index (χ0) is 14.9. The van der Waals surface area contributed by atoms with E-state index in [-0.39, 0.29) is 17.3 Å². The predicted molar refractivity (Wildman–Crippen MR) is 77.0 cm³/mol. The van der Waals surface area contributed by atoms with Crippen LogP contribution < -0.4 is 20.7 Å². The van der Waals surface area contributed by atoms with Crippen molar-refractivity contribution in [1.29, 1.82) is 0 Å². The summed E-state index contributed by atoms with van der Waals surface area (Å²) in [6.07, 6.45) is 1.38. The van der Waals surface area contributed by atoms with Crippen molar-refractivity contribution in [3.8, 4) is 5.75 Å². The van der Waals surface area contributed by atoms with Crippen LogP contribution in [0.3, 0.4) is 0 Å². The lowest BCUT2D eigenvalue weighted by molar-refractivity contribution is 0.325. The fourth-order valence-corrected chi connectivity index (χ4v) is 3.39. The van der Waals surface area contributed by atoms with Crippen molar-refractivity contribution in [3.63, 3.8) is 0 Å². The topological polar surface area (TPSA) is 106 Å². The third-order valence-electron chi connectivity index (χ3n) is 3.19. The average molecular weight is 306 g/mol. The molecular weight excluding hydrogens is 292 g/mol. The van der Waals surface area contributed by atoms with Crippen molar-refractivity contribution in [2.24, 2.45) is 5.84 Å². The molecule has 0 saturated carbocycles. The molecule has 1 aliphatic rings. The molecule has 0 bridgehead atoms. The van der Waals surface area contributed by atoms with E-state index in [2.05, 4.69) is 15.1 Å². The highest BCUT2D eigenvalue weighted by molar-refractivity contribution is 7.89. The molecule has 1 aliphatic heterocycles. The van der Waals surface area contributed by atoms with Crippen LogP contribution in [0.2, 0.25) is 0 Å². The van der Waals surface area contributed by atoms with Gasteiger partial charge in [-0.05, 0) is 12.1 Å². The van der Waals surface area contributed by atoms with E-state index >= 15 is 0 Å². The zero-order valence-corrected chi connectivity index (χ0v) is 11.8. The number of hydrogen-bond acceptors (Lipinski definition) is 6. The number of benzene rings is 1. The Morgan fingerprint density at radius 3 is 2.90 bits per heavy atom. The fourth-order valence-electron chi connectivity index (χ4n) is 2.17. The molecule has 0 radical (unpaired) electrons. The van der Waals surface area contributed by atoms with E-state index in [0.717, 1.165) is 5.56 Å². The minimum Gasteiger partial charge on any atom is -0.491 e. The van der Waals surface area contributed by atoms with Crippen LogP contribution in [-0.2, 0) is 10.0 Å². The van der Waals surface area contributed by atoms with Crippen LogP contribution in [0.15, 0.2) is 47.5 Å². The lowest BCUT2D eigenvalue weighted by Crippen LogP contribution is -2.29. The third-order valence-corrected chi connectivity index (χ3v) is 4.66. The summed E-state index contributed by atoms with van der Waals surface area (Å²) in [6.45, 7) is 0.270. The number of nitrogen functional groups attached to an aromatic ring is 1. The second kappa shape index (κ2) is 5.32. The van der Waals surface area contributed by atoms with Crippen LogP contribution in [0.4, 0.5) is 5.82 Å². The minimum absolute atomic E-state index is 0.0924. The summed E-state index contributed by atoms with van der Waals surface area (Å²) in [5.41, 5.74) is 3.15. The van der Waals surface area contributed by atoms with E-state index in [1.54, 1.807) is 0 Å². The monoisotopic (exact) mass is 306 g/mol. The fraction of sp³-hybridized carbons (Fsp3) is 0.154. The largest absolute Gasteiger partial charge is 0.491 e. The molecule has 7 nitrogen and oxygen atoms in total. The summed E-state index contributed by atoms with van der Waals surface area (Å²) in [7, 11) is -3.68. The number of ether oxygens (including phenoxy) is 1. The van der Waals surface area contributed by atoms with E-state index in [4.69, 9.17) is 10.6 Å². The Hall–Kier alpha value is -2.16. The number of sulfonamides is 1. The third kappa shape index (κ3) is 2.68. The molecule has 0 spiro atoms. The van der Waals surface area contributed by atoms with Gasteiger partial charge >= 0.3 is 0 Å². The second-order valence-electron chi connectivity index (χ2n) is 4.54. The molecular formula is C13H14N4O3S. The van der Waals surface area contributed by atoms with Gasteiger partial charge in [0, 0.05) is 17.8 Å². The summed E-state index contributed by atoms with van der Waals surface area (Å²) in [5.74, 6) is 6.22. The Morgan fingerprint density at radius 2 is 2.10 bits per heavy atom. The van der Waals surface area contributed by atoms with Crippen LogP contribution in [0.1, 0.15) is 11.6 Å². The zero-order valence-electron chi connectivity index (χ0n) is 11.0. The SMILES string of the molecule is NNc1cc(S(=O)(=O)NC2COc3ccccc32)ccn1. The highest BCUT2D eigenvalue weighted by Gasteiger charge is 2.28. The summed E-state index contributed by atoms with van der Waals surface area (Å²) in [4.78, 5) is 3.98.